The molecule has 22 heavy (non-hydrogen) atoms. The molecular formula is C18H21NO3. The Morgan fingerprint density at radius 2 is 1.82 bits per heavy atom. The molecule has 2 rings (SSSR count). The molecule has 0 aliphatic carbocycles. The predicted octanol–water partition coefficient (Wildman–Crippen LogP) is 3.80. The highest BCUT2D eigenvalue weighted by atomic mass is 16.5. The van der Waals surface area contributed by atoms with Gasteiger partial charge < -0.3 is 14.8 Å². The number of amides is 1. The van der Waals surface area contributed by atoms with Crippen LogP contribution in [0, 0.1) is 6.92 Å². The average molecular weight is 299 g/mol. The molecule has 4 nitrogen and oxygen atoms in total. The number of hydrogen-bond acceptors (Lipinski definition) is 3. The van der Waals surface area contributed by atoms with Crippen molar-refractivity contribution >= 4 is 11.6 Å². The van der Waals surface area contributed by atoms with E-state index < -0.39 is 6.10 Å². The Hall–Kier alpha value is -2.49. The SMILES string of the molecule is CCC(Oc1ccc(C)cc1)C(=O)Nc1ccccc1OC. The normalized spacial score (nSPS) is 11.6. The molecule has 0 bridgehead atoms. The first kappa shape index (κ1) is 15.9. The van der Waals surface area contributed by atoms with E-state index in [4.69, 9.17) is 9.47 Å². The number of ether oxygens (including phenoxy) is 2. The summed E-state index contributed by atoms with van der Waals surface area (Å²) in [6.45, 7) is 3.93. The summed E-state index contributed by atoms with van der Waals surface area (Å²) in [5, 5.41) is 2.86. The molecule has 0 aliphatic rings. The Morgan fingerprint density at radius 1 is 1.14 bits per heavy atom. The molecule has 0 spiro atoms. The van der Waals surface area contributed by atoms with Crippen molar-refractivity contribution in [1.82, 2.24) is 0 Å². The van der Waals surface area contributed by atoms with Gasteiger partial charge in [0.15, 0.2) is 6.10 Å². The number of methoxy groups -OCH3 is 1. The van der Waals surface area contributed by atoms with Gasteiger partial charge in [-0.1, -0.05) is 36.8 Å². The maximum Gasteiger partial charge on any atom is 0.265 e. The lowest BCUT2D eigenvalue weighted by atomic mass is 10.2. The molecule has 1 unspecified atom stereocenters. The van der Waals surface area contributed by atoms with Crippen LogP contribution >= 0.6 is 0 Å². The van der Waals surface area contributed by atoms with Crippen molar-refractivity contribution in [2.24, 2.45) is 0 Å². The number of hydrogen-bond donors (Lipinski definition) is 1. The van der Waals surface area contributed by atoms with Crippen molar-refractivity contribution in [3.05, 3.63) is 54.1 Å². The molecule has 0 aliphatic heterocycles. The fraction of sp³-hybridized carbons (Fsp3) is 0.278. The summed E-state index contributed by atoms with van der Waals surface area (Å²) in [6, 6.07) is 15.0. The van der Waals surface area contributed by atoms with Crippen LogP contribution in [0.2, 0.25) is 0 Å². The molecule has 1 atom stereocenters. The van der Waals surface area contributed by atoms with Gasteiger partial charge >= 0.3 is 0 Å². The van der Waals surface area contributed by atoms with Crippen molar-refractivity contribution in [1.29, 1.82) is 0 Å². The molecule has 2 aromatic carbocycles. The van der Waals surface area contributed by atoms with Crippen LogP contribution in [-0.2, 0) is 4.79 Å². The summed E-state index contributed by atoms with van der Waals surface area (Å²) in [5.74, 6) is 1.13. The predicted molar refractivity (Wildman–Crippen MR) is 87.5 cm³/mol. The largest absolute Gasteiger partial charge is 0.495 e. The number of carbonyl (C=O) groups excluding carboxylic acids is 1. The van der Waals surface area contributed by atoms with Crippen molar-refractivity contribution in [2.45, 2.75) is 26.4 Å². The second-order valence-electron chi connectivity index (χ2n) is 5.02. The van der Waals surface area contributed by atoms with Crippen LogP contribution < -0.4 is 14.8 Å². The third-order valence-corrected chi connectivity index (χ3v) is 3.33. The molecule has 2 aromatic rings. The average Bonchev–Trinajstić information content (AvgIpc) is 2.54. The number of aryl methyl sites for hydroxylation is 1. The van der Waals surface area contributed by atoms with E-state index in [9.17, 15) is 4.79 Å². The topological polar surface area (TPSA) is 47.6 Å². The van der Waals surface area contributed by atoms with Crippen LogP contribution in [-0.4, -0.2) is 19.1 Å². The molecule has 0 aromatic heterocycles. The van der Waals surface area contributed by atoms with Gasteiger partial charge in [0.05, 0.1) is 12.8 Å². The van der Waals surface area contributed by atoms with Gasteiger partial charge in [-0.2, -0.15) is 0 Å². The third-order valence-electron chi connectivity index (χ3n) is 3.33. The highest BCUT2D eigenvalue weighted by Gasteiger charge is 2.19. The summed E-state index contributed by atoms with van der Waals surface area (Å²) in [5.41, 5.74) is 1.79. The van der Waals surface area contributed by atoms with Gasteiger partial charge in [-0.25, -0.2) is 0 Å². The Balaban J connectivity index is 2.07. The summed E-state index contributed by atoms with van der Waals surface area (Å²) < 4.78 is 11.0. The van der Waals surface area contributed by atoms with Crippen LogP contribution in [0.3, 0.4) is 0 Å². The Labute approximate surface area is 131 Å². The van der Waals surface area contributed by atoms with Crippen molar-refractivity contribution in [2.75, 3.05) is 12.4 Å². The third kappa shape index (κ3) is 4.01. The van der Waals surface area contributed by atoms with Gasteiger partial charge in [0.1, 0.15) is 11.5 Å². The highest BCUT2D eigenvalue weighted by molar-refractivity contribution is 5.95. The Morgan fingerprint density at radius 3 is 2.45 bits per heavy atom. The Bertz CT molecular complexity index is 622. The van der Waals surface area contributed by atoms with Crippen molar-refractivity contribution in [3.63, 3.8) is 0 Å². The lowest BCUT2D eigenvalue weighted by molar-refractivity contribution is -0.122. The number of rotatable bonds is 6. The second kappa shape index (κ2) is 7.50. The van der Waals surface area contributed by atoms with Gasteiger partial charge in [-0.3, -0.25) is 4.79 Å². The maximum atomic E-state index is 12.4. The molecular weight excluding hydrogens is 278 g/mol. The molecule has 4 heteroatoms. The van der Waals surface area contributed by atoms with Gasteiger partial charge in [-0.15, -0.1) is 0 Å². The van der Waals surface area contributed by atoms with Gasteiger partial charge in [0.2, 0.25) is 0 Å². The molecule has 0 heterocycles. The van der Waals surface area contributed by atoms with E-state index in [1.54, 1.807) is 19.2 Å². The standard InChI is InChI=1S/C18H21NO3/c1-4-16(22-14-11-9-13(2)10-12-14)18(20)19-15-7-5-6-8-17(15)21-3/h5-12,16H,4H2,1-3H3,(H,19,20). The van der Waals surface area contributed by atoms with E-state index in [0.717, 1.165) is 5.56 Å². The smallest absolute Gasteiger partial charge is 0.265 e. The van der Waals surface area contributed by atoms with Crippen LogP contribution in [0.5, 0.6) is 11.5 Å². The van der Waals surface area contributed by atoms with Crippen LogP contribution in [0.15, 0.2) is 48.5 Å². The van der Waals surface area contributed by atoms with E-state index in [0.29, 0.717) is 23.6 Å². The molecule has 0 fully saturated rings. The number of benzene rings is 2. The highest BCUT2D eigenvalue weighted by Crippen LogP contribution is 2.24. The summed E-state index contributed by atoms with van der Waals surface area (Å²) >= 11 is 0. The first-order valence-electron chi connectivity index (χ1n) is 7.31. The number of anilines is 1. The van der Waals surface area contributed by atoms with E-state index in [1.165, 1.54) is 0 Å². The first-order valence-corrected chi connectivity index (χ1v) is 7.31. The minimum absolute atomic E-state index is 0.187. The fourth-order valence-electron chi connectivity index (χ4n) is 2.06. The van der Waals surface area contributed by atoms with Crippen LogP contribution in [0.1, 0.15) is 18.9 Å². The van der Waals surface area contributed by atoms with Crippen molar-refractivity contribution in [3.8, 4) is 11.5 Å². The summed E-state index contributed by atoms with van der Waals surface area (Å²) in [6.07, 6.45) is 0.0297. The quantitative estimate of drug-likeness (QED) is 0.882. The van der Waals surface area contributed by atoms with E-state index >= 15 is 0 Å². The zero-order valence-corrected chi connectivity index (χ0v) is 13.1. The molecule has 1 amide bonds. The van der Waals surface area contributed by atoms with Gasteiger partial charge in [0.25, 0.3) is 5.91 Å². The fourth-order valence-corrected chi connectivity index (χ4v) is 2.06. The van der Waals surface area contributed by atoms with Gasteiger partial charge in [0, 0.05) is 0 Å². The number of carbonyl (C=O) groups is 1. The molecule has 0 radical (unpaired) electrons. The van der Waals surface area contributed by atoms with Crippen molar-refractivity contribution < 1.29 is 14.3 Å². The molecule has 0 saturated heterocycles. The zero-order valence-electron chi connectivity index (χ0n) is 13.1. The second-order valence-corrected chi connectivity index (χ2v) is 5.02. The maximum absolute atomic E-state index is 12.4. The minimum Gasteiger partial charge on any atom is -0.495 e. The van der Waals surface area contributed by atoms with Crippen LogP contribution in [0.25, 0.3) is 0 Å². The lowest BCUT2D eigenvalue weighted by Gasteiger charge is -2.18. The van der Waals surface area contributed by atoms with E-state index in [2.05, 4.69) is 5.32 Å². The first-order chi connectivity index (χ1) is 10.6. The van der Waals surface area contributed by atoms with E-state index in [-0.39, 0.29) is 5.91 Å². The molecule has 0 saturated carbocycles. The monoisotopic (exact) mass is 299 g/mol. The molecule has 116 valence electrons. The zero-order chi connectivity index (χ0) is 15.9. The number of para-hydroxylation sites is 2. The summed E-state index contributed by atoms with van der Waals surface area (Å²) in [7, 11) is 1.57. The van der Waals surface area contributed by atoms with E-state index in [1.807, 2.05) is 50.2 Å². The van der Waals surface area contributed by atoms with Crippen LogP contribution in [0.4, 0.5) is 5.69 Å². The Kier molecular flexibility index (Phi) is 5.42. The van der Waals surface area contributed by atoms with Gasteiger partial charge in [-0.05, 0) is 37.6 Å². The minimum atomic E-state index is -0.549. The number of nitrogens with one attached hydrogen (secondary N) is 1. The molecule has 1 N–H and O–H groups in total. The summed E-state index contributed by atoms with van der Waals surface area (Å²) in [4.78, 5) is 12.4. The lowest BCUT2D eigenvalue weighted by Crippen LogP contribution is -2.32.